The Morgan fingerprint density at radius 2 is 2.28 bits per heavy atom. The number of thiazole rings is 1. The minimum Gasteiger partial charge on any atom is -0.339 e. The summed E-state index contributed by atoms with van der Waals surface area (Å²) in [5.74, 6) is 0.275. The molecule has 1 amide bonds. The van der Waals surface area contributed by atoms with Crippen molar-refractivity contribution in [3.8, 4) is 10.6 Å². The third-order valence-corrected chi connectivity index (χ3v) is 7.06. The van der Waals surface area contributed by atoms with Crippen molar-refractivity contribution in [2.45, 2.75) is 32.2 Å². The van der Waals surface area contributed by atoms with E-state index in [1.54, 1.807) is 17.3 Å². The van der Waals surface area contributed by atoms with E-state index in [4.69, 9.17) is 0 Å². The van der Waals surface area contributed by atoms with Crippen molar-refractivity contribution < 1.29 is 13.2 Å². The number of pyridine rings is 1. The Labute approximate surface area is 151 Å². The van der Waals surface area contributed by atoms with E-state index in [2.05, 4.69) is 9.97 Å². The molecule has 0 aliphatic carbocycles. The lowest BCUT2D eigenvalue weighted by Gasteiger charge is -2.26. The van der Waals surface area contributed by atoms with Crippen LogP contribution in [0.2, 0.25) is 0 Å². The Morgan fingerprint density at radius 3 is 2.92 bits per heavy atom. The van der Waals surface area contributed by atoms with Gasteiger partial charge in [0.25, 0.3) is 0 Å². The molecule has 0 saturated carbocycles. The van der Waals surface area contributed by atoms with E-state index in [0.29, 0.717) is 25.8 Å². The largest absolute Gasteiger partial charge is 0.339 e. The first-order chi connectivity index (χ1) is 12.0. The minimum atomic E-state index is -2.99. The van der Waals surface area contributed by atoms with Gasteiger partial charge in [-0.15, -0.1) is 11.3 Å². The van der Waals surface area contributed by atoms with Gasteiger partial charge in [0.1, 0.15) is 5.01 Å². The molecule has 1 atom stereocenters. The number of sulfone groups is 1. The molecular weight excluding hydrogens is 358 g/mol. The van der Waals surface area contributed by atoms with Crippen molar-refractivity contribution >= 4 is 27.1 Å². The Balaban J connectivity index is 1.59. The van der Waals surface area contributed by atoms with Crippen LogP contribution in [0.4, 0.5) is 0 Å². The molecule has 25 heavy (non-hydrogen) atoms. The van der Waals surface area contributed by atoms with Gasteiger partial charge >= 0.3 is 0 Å². The van der Waals surface area contributed by atoms with Crippen LogP contribution in [0.1, 0.15) is 25.5 Å². The maximum absolute atomic E-state index is 12.5. The van der Waals surface area contributed by atoms with E-state index < -0.39 is 9.84 Å². The molecule has 2 aromatic rings. The molecule has 0 aromatic carbocycles. The smallest absolute Gasteiger partial charge is 0.223 e. The third-order valence-electron chi connectivity index (χ3n) is 4.37. The van der Waals surface area contributed by atoms with E-state index in [0.717, 1.165) is 16.3 Å². The highest BCUT2D eigenvalue weighted by molar-refractivity contribution is 7.91. The summed E-state index contributed by atoms with van der Waals surface area (Å²) in [7, 11) is -2.99. The second kappa shape index (κ2) is 7.61. The summed E-state index contributed by atoms with van der Waals surface area (Å²) < 4.78 is 23.3. The van der Waals surface area contributed by atoms with Crippen LogP contribution < -0.4 is 0 Å². The Bertz CT molecular complexity index is 834. The Hall–Kier alpha value is -1.80. The zero-order chi connectivity index (χ0) is 17.9. The molecule has 134 valence electrons. The first kappa shape index (κ1) is 18.0. The van der Waals surface area contributed by atoms with Crippen LogP contribution in [-0.4, -0.2) is 53.3 Å². The van der Waals surface area contributed by atoms with E-state index in [1.165, 1.54) is 11.3 Å². The standard InChI is InChI=1S/C17H21N3O3S2/c1-2-20(15-7-9-25(22,23)12-15)16(21)6-5-14-11-24-17(19-14)13-4-3-8-18-10-13/h3-4,8,10-11,15H,2,5-7,9,12H2,1H3. The van der Waals surface area contributed by atoms with Gasteiger partial charge < -0.3 is 4.90 Å². The highest BCUT2D eigenvalue weighted by Gasteiger charge is 2.33. The van der Waals surface area contributed by atoms with E-state index in [1.807, 2.05) is 24.4 Å². The summed E-state index contributed by atoms with van der Waals surface area (Å²) >= 11 is 1.54. The van der Waals surface area contributed by atoms with Crippen LogP contribution in [0.15, 0.2) is 29.9 Å². The minimum absolute atomic E-state index is 0.000489. The number of nitrogens with zero attached hydrogens (tertiary/aromatic N) is 3. The number of hydrogen-bond acceptors (Lipinski definition) is 6. The van der Waals surface area contributed by atoms with E-state index >= 15 is 0 Å². The van der Waals surface area contributed by atoms with Crippen LogP contribution in [-0.2, 0) is 21.1 Å². The fraction of sp³-hybridized carbons (Fsp3) is 0.471. The summed E-state index contributed by atoms with van der Waals surface area (Å²) in [5.41, 5.74) is 1.85. The van der Waals surface area contributed by atoms with Crippen LogP contribution in [0.5, 0.6) is 0 Å². The third kappa shape index (κ3) is 4.43. The predicted molar refractivity (Wildman–Crippen MR) is 98.1 cm³/mol. The normalized spacial score (nSPS) is 19.0. The van der Waals surface area contributed by atoms with Gasteiger partial charge in [-0.3, -0.25) is 9.78 Å². The maximum atomic E-state index is 12.5. The monoisotopic (exact) mass is 379 g/mol. The van der Waals surface area contributed by atoms with Gasteiger partial charge in [0, 0.05) is 42.3 Å². The number of aryl methyl sites for hydroxylation is 1. The van der Waals surface area contributed by atoms with Gasteiger partial charge in [0.2, 0.25) is 5.91 Å². The highest BCUT2D eigenvalue weighted by atomic mass is 32.2. The lowest BCUT2D eigenvalue weighted by molar-refractivity contribution is -0.132. The number of rotatable bonds is 6. The number of carbonyl (C=O) groups is 1. The molecule has 1 fully saturated rings. The van der Waals surface area contributed by atoms with Gasteiger partial charge in [0.05, 0.1) is 17.2 Å². The molecule has 3 rings (SSSR count). The molecule has 1 aliphatic rings. The first-order valence-electron chi connectivity index (χ1n) is 8.33. The summed E-state index contributed by atoms with van der Waals surface area (Å²) in [4.78, 5) is 22.9. The fourth-order valence-corrected chi connectivity index (χ4v) is 5.66. The number of amides is 1. The quantitative estimate of drug-likeness (QED) is 0.768. The zero-order valence-corrected chi connectivity index (χ0v) is 15.7. The fourth-order valence-electron chi connectivity index (χ4n) is 3.08. The Morgan fingerprint density at radius 1 is 1.44 bits per heavy atom. The topological polar surface area (TPSA) is 80.2 Å². The molecular formula is C17H21N3O3S2. The average molecular weight is 380 g/mol. The van der Waals surface area contributed by atoms with Crippen molar-refractivity contribution in [1.29, 1.82) is 0 Å². The van der Waals surface area contributed by atoms with Gasteiger partial charge in [0.15, 0.2) is 9.84 Å². The molecule has 2 aromatic heterocycles. The molecule has 0 spiro atoms. The Kier molecular flexibility index (Phi) is 5.48. The highest BCUT2D eigenvalue weighted by Crippen LogP contribution is 2.24. The van der Waals surface area contributed by atoms with Crippen molar-refractivity contribution in [3.05, 3.63) is 35.6 Å². The summed E-state index contributed by atoms with van der Waals surface area (Å²) in [6.45, 7) is 2.43. The van der Waals surface area contributed by atoms with Crippen molar-refractivity contribution in [2.75, 3.05) is 18.1 Å². The first-order valence-corrected chi connectivity index (χ1v) is 11.0. The van der Waals surface area contributed by atoms with Crippen LogP contribution in [0.25, 0.3) is 10.6 Å². The van der Waals surface area contributed by atoms with Crippen molar-refractivity contribution in [2.24, 2.45) is 0 Å². The molecule has 1 aliphatic heterocycles. The molecule has 1 saturated heterocycles. The zero-order valence-electron chi connectivity index (χ0n) is 14.1. The maximum Gasteiger partial charge on any atom is 0.223 e. The molecule has 8 heteroatoms. The van der Waals surface area contributed by atoms with E-state index in [-0.39, 0.29) is 23.5 Å². The molecule has 3 heterocycles. The molecule has 0 bridgehead atoms. The SMILES string of the molecule is CCN(C(=O)CCc1csc(-c2cccnc2)n1)C1CCS(=O)(=O)C1. The lowest BCUT2D eigenvalue weighted by atomic mass is 10.1. The van der Waals surface area contributed by atoms with Crippen LogP contribution in [0.3, 0.4) is 0 Å². The number of aromatic nitrogens is 2. The van der Waals surface area contributed by atoms with Gasteiger partial charge in [-0.25, -0.2) is 13.4 Å². The van der Waals surface area contributed by atoms with Crippen molar-refractivity contribution in [3.63, 3.8) is 0 Å². The average Bonchev–Trinajstić information content (AvgIpc) is 3.21. The number of carbonyl (C=O) groups excluding carboxylic acids is 1. The second-order valence-electron chi connectivity index (χ2n) is 6.12. The van der Waals surface area contributed by atoms with Crippen molar-refractivity contribution in [1.82, 2.24) is 14.9 Å². The number of hydrogen-bond donors (Lipinski definition) is 0. The van der Waals surface area contributed by atoms with Gasteiger partial charge in [-0.05, 0) is 31.9 Å². The van der Waals surface area contributed by atoms with Gasteiger partial charge in [-0.1, -0.05) is 0 Å². The molecule has 6 nitrogen and oxygen atoms in total. The predicted octanol–water partition coefficient (Wildman–Crippen LogP) is 2.17. The van der Waals surface area contributed by atoms with Gasteiger partial charge in [-0.2, -0.15) is 0 Å². The van der Waals surface area contributed by atoms with E-state index in [9.17, 15) is 13.2 Å². The molecule has 0 radical (unpaired) electrons. The molecule has 0 N–H and O–H groups in total. The van der Waals surface area contributed by atoms with Crippen LogP contribution in [0, 0.1) is 0 Å². The second-order valence-corrected chi connectivity index (χ2v) is 9.21. The summed E-state index contributed by atoms with van der Waals surface area (Å²) in [6, 6.07) is 3.65. The summed E-state index contributed by atoms with van der Waals surface area (Å²) in [5, 5.41) is 2.86. The summed E-state index contributed by atoms with van der Waals surface area (Å²) in [6.07, 6.45) is 4.95. The van der Waals surface area contributed by atoms with Crippen LogP contribution >= 0.6 is 11.3 Å². The lowest BCUT2D eigenvalue weighted by Crippen LogP contribution is -2.41. The molecule has 1 unspecified atom stereocenters.